The molecule has 0 aliphatic carbocycles. The SMILES string of the molecule is COc1ccc(C(=O)N2CCN(c3ccc(NC(=S)NC(=O)c4ccc(Cl)c(Cl)c4)cc3)CC2)cc1. The lowest BCUT2D eigenvalue weighted by atomic mass is 10.1. The number of anilines is 2. The van der Waals surface area contributed by atoms with Crippen LogP contribution in [0.4, 0.5) is 11.4 Å². The number of amides is 2. The van der Waals surface area contributed by atoms with Crippen LogP contribution in [0.3, 0.4) is 0 Å². The number of carbonyl (C=O) groups excluding carboxylic acids is 2. The summed E-state index contributed by atoms with van der Waals surface area (Å²) in [5.74, 6) is 0.363. The number of halogens is 2. The molecule has 0 atom stereocenters. The molecule has 0 unspecified atom stereocenters. The summed E-state index contributed by atoms with van der Waals surface area (Å²) in [6, 6.07) is 19.5. The minimum absolute atomic E-state index is 0.0216. The molecule has 1 aliphatic rings. The second-order valence-electron chi connectivity index (χ2n) is 8.09. The van der Waals surface area contributed by atoms with Crippen molar-refractivity contribution in [1.29, 1.82) is 0 Å². The fourth-order valence-electron chi connectivity index (χ4n) is 3.81. The summed E-state index contributed by atoms with van der Waals surface area (Å²) in [6.45, 7) is 2.73. The first kappa shape index (κ1) is 25.8. The van der Waals surface area contributed by atoms with Crippen molar-refractivity contribution in [2.75, 3.05) is 43.5 Å². The fourth-order valence-corrected chi connectivity index (χ4v) is 4.32. The Morgan fingerprint density at radius 3 is 2.11 bits per heavy atom. The molecular formula is C26H24Cl2N4O3S. The summed E-state index contributed by atoms with van der Waals surface area (Å²) in [7, 11) is 1.60. The predicted octanol–water partition coefficient (Wildman–Crippen LogP) is 5.09. The van der Waals surface area contributed by atoms with E-state index >= 15 is 0 Å². The van der Waals surface area contributed by atoms with Crippen molar-refractivity contribution in [3.05, 3.63) is 87.9 Å². The van der Waals surface area contributed by atoms with Crippen LogP contribution in [0.5, 0.6) is 5.75 Å². The van der Waals surface area contributed by atoms with E-state index in [1.165, 1.54) is 6.07 Å². The van der Waals surface area contributed by atoms with E-state index < -0.39 is 0 Å². The number of benzene rings is 3. The van der Waals surface area contributed by atoms with Crippen LogP contribution in [0.2, 0.25) is 10.0 Å². The van der Waals surface area contributed by atoms with Crippen LogP contribution in [0, 0.1) is 0 Å². The largest absolute Gasteiger partial charge is 0.497 e. The van der Waals surface area contributed by atoms with Crippen LogP contribution in [0.25, 0.3) is 0 Å². The van der Waals surface area contributed by atoms with E-state index in [0.717, 1.165) is 30.2 Å². The summed E-state index contributed by atoms with van der Waals surface area (Å²) in [5.41, 5.74) is 2.80. The molecule has 0 saturated carbocycles. The monoisotopic (exact) mass is 542 g/mol. The Labute approximate surface area is 224 Å². The average Bonchev–Trinajstić information content (AvgIpc) is 2.90. The number of rotatable bonds is 5. The molecule has 186 valence electrons. The van der Waals surface area contributed by atoms with Gasteiger partial charge < -0.3 is 19.9 Å². The zero-order chi connectivity index (χ0) is 25.7. The normalized spacial score (nSPS) is 13.2. The second kappa shape index (κ2) is 11.6. The first-order valence-corrected chi connectivity index (χ1v) is 12.4. The highest BCUT2D eigenvalue weighted by atomic mass is 35.5. The summed E-state index contributed by atoms with van der Waals surface area (Å²) in [5, 5.41) is 6.48. The number of carbonyl (C=O) groups is 2. The Morgan fingerprint density at radius 1 is 0.861 bits per heavy atom. The van der Waals surface area contributed by atoms with Crippen LogP contribution in [0.1, 0.15) is 20.7 Å². The number of hydrogen-bond donors (Lipinski definition) is 2. The van der Waals surface area contributed by atoms with Gasteiger partial charge in [-0.05, 0) is 78.9 Å². The molecule has 0 spiro atoms. The van der Waals surface area contributed by atoms with E-state index in [1.807, 2.05) is 29.2 Å². The number of hydrogen-bond acceptors (Lipinski definition) is 5. The lowest BCUT2D eigenvalue weighted by Crippen LogP contribution is -2.48. The Morgan fingerprint density at radius 2 is 1.50 bits per heavy atom. The van der Waals surface area contributed by atoms with Gasteiger partial charge in [-0.2, -0.15) is 0 Å². The lowest BCUT2D eigenvalue weighted by molar-refractivity contribution is 0.0746. The van der Waals surface area contributed by atoms with Crippen molar-refractivity contribution in [3.8, 4) is 5.75 Å². The number of ether oxygens (including phenoxy) is 1. The first-order valence-electron chi connectivity index (χ1n) is 11.2. The highest BCUT2D eigenvalue weighted by Gasteiger charge is 2.22. The van der Waals surface area contributed by atoms with Gasteiger partial charge in [-0.15, -0.1) is 0 Å². The van der Waals surface area contributed by atoms with E-state index in [4.69, 9.17) is 40.2 Å². The van der Waals surface area contributed by atoms with Gasteiger partial charge in [-0.3, -0.25) is 14.9 Å². The molecule has 4 rings (SSSR count). The van der Waals surface area contributed by atoms with Crippen molar-refractivity contribution in [2.24, 2.45) is 0 Å². The van der Waals surface area contributed by atoms with Crippen molar-refractivity contribution < 1.29 is 14.3 Å². The number of piperazine rings is 1. The first-order chi connectivity index (χ1) is 17.3. The number of nitrogens with one attached hydrogen (secondary N) is 2. The van der Waals surface area contributed by atoms with Gasteiger partial charge in [0.25, 0.3) is 11.8 Å². The number of thiocarbonyl (C=S) groups is 1. The summed E-state index contributed by atoms with van der Waals surface area (Å²) < 4.78 is 5.16. The van der Waals surface area contributed by atoms with Gasteiger partial charge in [-0.25, -0.2) is 0 Å². The molecule has 7 nitrogen and oxygen atoms in total. The van der Waals surface area contributed by atoms with Gasteiger partial charge in [0.05, 0.1) is 17.2 Å². The molecule has 1 aliphatic heterocycles. The highest BCUT2D eigenvalue weighted by Crippen LogP contribution is 2.23. The molecular weight excluding hydrogens is 519 g/mol. The van der Waals surface area contributed by atoms with E-state index in [1.54, 1.807) is 43.5 Å². The molecule has 1 heterocycles. The minimum atomic E-state index is -0.384. The zero-order valence-corrected chi connectivity index (χ0v) is 21.8. The van der Waals surface area contributed by atoms with Crippen LogP contribution >= 0.6 is 35.4 Å². The lowest BCUT2D eigenvalue weighted by Gasteiger charge is -2.36. The van der Waals surface area contributed by atoms with E-state index in [-0.39, 0.29) is 16.9 Å². The molecule has 2 amide bonds. The molecule has 0 bridgehead atoms. The van der Waals surface area contributed by atoms with Gasteiger partial charge in [0.2, 0.25) is 0 Å². The van der Waals surface area contributed by atoms with E-state index in [9.17, 15) is 9.59 Å². The van der Waals surface area contributed by atoms with Crippen LogP contribution in [0.15, 0.2) is 66.7 Å². The van der Waals surface area contributed by atoms with Crippen molar-refractivity contribution in [3.63, 3.8) is 0 Å². The smallest absolute Gasteiger partial charge is 0.257 e. The quantitative estimate of drug-likeness (QED) is 0.437. The van der Waals surface area contributed by atoms with Crippen LogP contribution in [-0.4, -0.2) is 55.1 Å². The molecule has 3 aromatic rings. The van der Waals surface area contributed by atoms with Crippen molar-refractivity contribution >= 4 is 63.7 Å². The van der Waals surface area contributed by atoms with Gasteiger partial charge >= 0.3 is 0 Å². The standard InChI is InChI=1S/C26H24Cl2N4O3S/c1-35-21-9-2-17(3-10-21)25(34)32-14-12-31(13-15-32)20-7-5-19(6-8-20)29-26(36)30-24(33)18-4-11-22(27)23(28)16-18/h2-11,16H,12-15H2,1H3,(H2,29,30,33,36). The van der Waals surface area contributed by atoms with E-state index in [2.05, 4.69) is 15.5 Å². The molecule has 3 aromatic carbocycles. The molecule has 1 saturated heterocycles. The summed E-state index contributed by atoms with van der Waals surface area (Å²) in [6.07, 6.45) is 0. The predicted molar refractivity (Wildman–Crippen MR) is 148 cm³/mol. The molecule has 0 aromatic heterocycles. The second-order valence-corrected chi connectivity index (χ2v) is 9.31. The Bertz CT molecular complexity index is 1260. The third kappa shape index (κ3) is 6.26. The van der Waals surface area contributed by atoms with Crippen molar-refractivity contribution in [2.45, 2.75) is 0 Å². The Hall–Kier alpha value is -3.33. The van der Waals surface area contributed by atoms with Gasteiger partial charge in [0.1, 0.15) is 5.75 Å². The summed E-state index contributed by atoms with van der Waals surface area (Å²) in [4.78, 5) is 29.3. The third-order valence-corrected chi connectivity index (χ3v) is 6.75. The van der Waals surface area contributed by atoms with Crippen LogP contribution in [-0.2, 0) is 0 Å². The number of methoxy groups -OCH3 is 1. The van der Waals surface area contributed by atoms with Crippen molar-refractivity contribution in [1.82, 2.24) is 10.2 Å². The molecule has 36 heavy (non-hydrogen) atoms. The number of nitrogens with zero attached hydrogens (tertiary/aromatic N) is 2. The molecule has 0 radical (unpaired) electrons. The van der Waals surface area contributed by atoms with Gasteiger partial charge in [0, 0.05) is 48.7 Å². The zero-order valence-electron chi connectivity index (χ0n) is 19.5. The maximum absolute atomic E-state index is 12.8. The topological polar surface area (TPSA) is 73.9 Å². The maximum Gasteiger partial charge on any atom is 0.257 e. The Kier molecular flexibility index (Phi) is 8.30. The van der Waals surface area contributed by atoms with E-state index in [0.29, 0.717) is 34.3 Å². The molecule has 1 fully saturated rings. The third-order valence-electron chi connectivity index (χ3n) is 5.80. The van der Waals surface area contributed by atoms with Crippen LogP contribution < -0.4 is 20.3 Å². The molecule has 2 N–H and O–H groups in total. The fraction of sp³-hybridized carbons (Fsp3) is 0.192. The minimum Gasteiger partial charge on any atom is -0.497 e. The molecule has 10 heteroatoms. The Balaban J connectivity index is 1.28. The van der Waals surface area contributed by atoms with Gasteiger partial charge in [-0.1, -0.05) is 23.2 Å². The van der Waals surface area contributed by atoms with Gasteiger partial charge in [0.15, 0.2) is 5.11 Å². The maximum atomic E-state index is 12.8. The average molecular weight is 543 g/mol. The summed E-state index contributed by atoms with van der Waals surface area (Å²) >= 11 is 17.1. The highest BCUT2D eigenvalue weighted by molar-refractivity contribution is 7.80.